The molecule has 3 aliphatic rings. The summed E-state index contributed by atoms with van der Waals surface area (Å²) in [6, 6.07) is 8.59. The SMILES string of the molecule is CCNC(=NCC1(c2cccc(OC)c2)CCCC1)N1CCOC(C2CCCO2)C1.I. The van der Waals surface area contributed by atoms with Crippen molar-refractivity contribution in [2.75, 3.05) is 46.5 Å². The Bertz CT molecular complexity index is 718. The van der Waals surface area contributed by atoms with E-state index in [0.717, 1.165) is 63.9 Å². The zero-order valence-electron chi connectivity index (χ0n) is 19.0. The third kappa shape index (κ3) is 5.85. The molecule has 1 saturated carbocycles. The molecule has 2 aliphatic heterocycles. The Balaban J connectivity index is 0.00000272. The number of hydrogen-bond acceptors (Lipinski definition) is 4. The molecule has 3 fully saturated rings. The molecule has 1 N–H and O–H groups in total. The van der Waals surface area contributed by atoms with E-state index in [2.05, 4.69) is 35.3 Å². The Morgan fingerprint density at radius 2 is 2.00 bits per heavy atom. The van der Waals surface area contributed by atoms with Gasteiger partial charge >= 0.3 is 0 Å². The minimum Gasteiger partial charge on any atom is -0.497 e. The second-order valence-corrected chi connectivity index (χ2v) is 8.80. The Labute approximate surface area is 204 Å². The molecule has 2 atom stereocenters. The minimum atomic E-state index is 0. The maximum absolute atomic E-state index is 6.05. The third-order valence-corrected chi connectivity index (χ3v) is 6.88. The Morgan fingerprint density at radius 3 is 2.71 bits per heavy atom. The first kappa shape index (κ1) is 24.6. The number of ether oxygens (including phenoxy) is 3. The maximum atomic E-state index is 6.05. The van der Waals surface area contributed by atoms with Gasteiger partial charge in [-0.05, 0) is 50.3 Å². The van der Waals surface area contributed by atoms with Gasteiger partial charge < -0.3 is 24.4 Å². The summed E-state index contributed by atoms with van der Waals surface area (Å²) in [5, 5.41) is 3.53. The van der Waals surface area contributed by atoms with Gasteiger partial charge in [-0.15, -0.1) is 24.0 Å². The van der Waals surface area contributed by atoms with Crippen LogP contribution in [-0.4, -0.2) is 69.6 Å². The van der Waals surface area contributed by atoms with Crippen LogP contribution in [0, 0.1) is 0 Å². The van der Waals surface area contributed by atoms with Gasteiger partial charge in [0.2, 0.25) is 0 Å². The van der Waals surface area contributed by atoms with E-state index in [-0.39, 0.29) is 41.6 Å². The second kappa shape index (κ2) is 11.7. The molecule has 2 heterocycles. The molecule has 7 heteroatoms. The fraction of sp³-hybridized carbons (Fsp3) is 0.708. The van der Waals surface area contributed by atoms with Crippen molar-refractivity contribution in [1.82, 2.24) is 10.2 Å². The van der Waals surface area contributed by atoms with Crippen molar-refractivity contribution in [2.24, 2.45) is 4.99 Å². The molecule has 0 amide bonds. The fourth-order valence-corrected chi connectivity index (χ4v) is 5.18. The van der Waals surface area contributed by atoms with Crippen LogP contribution in [0.2, 0.25) is 0 Å². The number of halogens is 1. The van der Waals surface area contributed by atoms with Crippen LogP contribution < -0.4 is 10.1 Å². The predicted molar refractivity (Wildman–Crippen MR) is 135 cm³/mol. The lowest BCUT2D eigenvalue weighted by Gasteiger charge is -2.37. The van der Waals surface area contributed by atoms with Crippen molar-refractivity contribution in [1.29, 1.82) is 0 Å². The molecule has 0 spiro atoms. The van der Waals surface area contributed by atoms with E-state index in [9.17, 15) is 0 Å². The lowest BCUT2D eigenvalue weighted by atomic mass is 9.79. The topological polar surface area (TPSA) is 55.3 Å². The molecule has 2 unspecified atom stereocenters. The molecule has 0 radical (unpaired) electrons. The first-order valence-electron chi connectivity index (χ1n) is 11.6. The smallest absolute Gasteiger partial charge is 0.194 e. The van der Waals surface area contributed by atoms with Crippen molar-refractivity contribution in [3.8, 4) is 5.75 Å². The summed E-state index contributed by atoms with van der Waals surface area (Å²) in [7, 11) is 1.74. The molecular formula is C24H38IN3O3. The van der Waals surface area contributed by atoms with Gasteiger partial charge in [-0.1, -0.05) is 25.0 Å². The van der Waals surface area contributed by atoms with Crippen LogP contribution in [0.5, 0.6) is 5.75 Å². The highest BCUT2D eigenvalue weighted by Crippen LogP contribution is 2.42. The summed E-state index contributed by atoms with van der Waals surface area (Å²) in [6.45, 7) is 7.14. The van der Waals surface area contributed by atoms with Gasteiger partial charge in [0.05, 0.1) is 26.4 Å². The van der Waals surface area contributed by atoms with E-state index in [1.807, 2.05) is 6.07 Å². The lowest BCUT2D eigenvalue weighted by molar-refractivity contribution is -0.0817. The van der Waals surface area contributed by atoms with E-state index in [1.54, 1.807) is 7.11 Å². The molecule has 174 valence electrons. The lowest BCUT2D eigenvalue weighted by Crippen LogP contribution is -2.53. The molecule has 2 saturated heterocycles. The monoisotopic (exact) mass is 543 g/mol. The van der Waals surface area contributed by atoms with Gasteiger partial charge in [0, 0.05) is 31.7 Å². The summed E-state index contributed by atoms with van der Waals surface area (Å²) in [6.07, 6.45) is 7.52. The van der Waals surface area contributed by atoms with Crippen LogP contribution in [0.15, 0.2) is 29.3 Å². The van der Waals surface area contributed by atoms with E-state index in [1.165, 1.54) is 31.2 Å². The van der Waals surface area contributed by atoms with Crippen molar-refractivity contribution in [3.63, 3.8) is 0 Å². The zero-order chi connectivity index (χ0) is 20.8. The first-order valence-corrected chi connectivity index (χ1v) is 11.6. The summed E-state index contributed by atoms with van der Waals surface area (Å²) in [4.78, 5) is 7.55. The zero-order valence-corrected chi connectivity index (χ0v) is 21.3. The van der Waals surface area contributed by atoms with Gasteiger partial charge in [0.1, 0.15) is 11.9 Å². The highest BCUT2D eigenvalue weighted by Gasteiger charge is 2.37. The Morgan fingerprint density at radius 1 is 1.19 bits per heavy atom. The van der Waals surface area contributed by atoms with Gasteiger partial charge in [-0.3, -0.25) is 4.99 Å². The number of methoxy groups -OCH3 is 1. The first-order chi connectivity index (χ1) is 14.7. The number of guanidine groups is 1. The van der Waals surface area contributed by atoms with Gasteiger partial charge in [0.15, 0.2) is 5.96 Å². The molecule has 1 aliphatic carbocycles. The number of morpholine rings is 1. The number of rotatable bonds is 6. The summed E-state index contributed by atoms with van der Waals surface area (Å²) < 4.78 is 17.4. The molecule has 31 heavy (non-hydrogen) atoms. The van der Waals surface area contributed by atoms with Crippen molar-refractivity contribution in [3.05, 3.63) is 29.8 Å². The predicted octanol–water partition coefficient (Wildman–Crippen LogP) is 3.97. The molecule has 6 nitrogen and oxygen atoms in total. The van der Waals surface area contributed by atoms with E-state index in [0.29, 0.717) is 0 Å². The number of aliphatic imine (C=N–C) groups is 1. The van der Waals surface area contributed by atoms with Crippen LogP contribution in [0.3, 0.4) is 0 Å². The third-order valence-electron chi connectivity index (χ3n) is 6.88. The highest BCUT2D eigenvalue weighted by molar-refractivity contribution is 14.0. The molecule has 1 aromatic carbocycles. The quantitative estimate of drug-likeness (QED) is 0.335. The van der Waals surface area contributed by atoms with Gasteiger partial charge in [-0.2, -0.15) is 0 Å². The van der Waals surface area contributed by atoms with E-state index in [4.69, 9.17) is 19.2 Å². The van der Waals surface area contributed by atoms with Crippen LogP contribution in [0.4, 0.5) is 0 Å². The standard InChI is InChI=1S/C24H37N3O3.HI/c1-3-25-23(27-13-15-30-22(17-27)21-10-7-14-29-21)26-18-24(11-4-5-12-24)19-8-6-9-20(16-19)28-2;/h6,8-9,16,21-22H,3-5,7,10-15,17-18H2,1-2H3,(H,25,26);1H. The van der Waals surface area contributed by atoms with E-state index < -0.39 is 0 Å². The number of benzene rings is 1. The maximum Gasteiger partial charge on any atom is 0.194 e. The normalized spacial score (nSPS) is 25.9. The summed E-state index contributed by atoms with van der Waals surface area (Å²) in [5.74, 6) is 1.94. The second-order valence-electron chi connectivity index (χ2n) is 8.80. The largest absolute Gasteiger partial charge is 0.497 e. The van der Waals surface area contributed by atoms with Crippen molar-refractivity contribution >= 4 is 29.9 Å². The Kier molecular flexibility index (Phi) is 9.28. The van der Waals surface area contributed by atoms with Crippen LogP contribution in [-0.2, 0) is 14.9 Å². The molecular weight excluding hydrogens is 505 g/mol. The summed E-state index contributed by atoms with van der Waals surface area (Å²) >= 11 is 0. The molecule has 4 rings (SSSR count). The fourth-order valence-electron chi connectivity index (χ4n) is 5.18. The van der Waals surface area contributed by atoms with Gasteiger partial charge in [-0.25, -0.2) is 0 Å². The van der Waals surface area contributed by atoms with Crippen molar-refractivity contribution < 1.29 is 14.2 Å². The summed E-state index contributed by atoms with van der Waals surface area (Å²) in [5.41, 5.74) is 1.47. The van der Waals surface area contributed by atoms with Crippen LogP contribution in [0.25, 0.3) is 0 Å². The van der Waals surface area contributed by atoms with E-state index >= 15 is 0 Å². The Hall–Kier alpha value is -1.06. The molecule has 0 bridgehead atoms. The van der Waals surface area contributed by atoms with Crippen LogP contribution in [0.1, 0.15) is 51.0 Å². The number of nitrogens with one attached hydrogen (secondary N) is 1. The van der Waals surface area contributed by atoms with Crippen molar-refractivity contribution in [2.45, 2.75) is 63.1 Å². The number of nitrogens with zero attached hydrogens (tertiary/aromatic N) is 2. The van der Waals surface area contributed by atoms with Gasteiger partial charge in [0.25, 0.3) is 0 Å². The molecule has 1 aromatic rings. The highest BCUT2D eigenvalue weighted by atomic mass is 127. The molecule has 0 aromatic heterocycles. The number of hydrogen-bond donors (Lipinski definition) is 1. The van der Waals surface area contributed by atoms with Crippen LogP contribution >= 0.6 is 24.0 Å². The average molecular weight is 543 g/mol. The minimum absolute atomic E-state index is 0. The average Bonchev–Trinajstić information content (AvgIpc) is 3.50.